The first kappa shape index (κ1) is 27.2. The summed E-state index contributed by atoms with van der Waals surface area (Å²) in [5, 5.41) is 28.2. The van der Waals surface area contributed by atoms with Gasteiger partial charge in [-0.25, -0.2) is 4.79 Å². The van der Waals surface area contributed by atoms with Crippen LogP contribution in [-0.2, 0) is 25.6 Å². The molecule has 15 nitrogen and oxygen atoms in total. The predicted octanol–water partition coefficient (Wildman–Crippen LogP) is -0.374. The summed E-state index contributed by atoms with van der Waals surface area (Å²) in [6.45, 7) is -0.462. The maximum Gasteiger partial charge on any atom is 0.316 e. The van der Waals surface area contributed by atoms with Crippen LogP contribution in [-0.4, -0.2) is 91.1 Å². The number of primary amides is 1. The number of aliphatic carboxylic acids is 2. The predicted molar refractivity (Wildman–Crippen MR) is 134 cm³/mol. The van der Waals surface area contributed by atoms with Gasteiger partial charge in [-0.2, -0.15) is 0 Å². The van der Waals surface area contributed by atoms with Gasteiger partial charge >= 0.3 is 18.0 Å². The number of carbonyl (C=O) groups is 5. The molecular weight excluding hydrogens is 542 g/mol. The number of carboxylic acids is 2. The minimum Gasteiger partial charge on any atom is -0.481 e. The first-order valence-electron chi connectivity index (χ1n) is 11.1. The lowest BCUT2D eigenvalue weighted by atomic mass is 9.89. The number of anilines is 2. The Morgan fingerprint density at radius 2 is 1.95 bits per heavy atom. The van der Waals surface area contributed by atoms with E-state index in [2.05, 4.69) is 15.5 Å². The Labute approximate surface area is 223 Å². The second-order valence-corrected chi connectivity index (χ2v) is 10.6. The number of carbonyl (C=O) groups excluding carboxylic acids is 3. The maximum atomic E-state index is 13.2. The van der Waals surface area contributed by atoms with Crippen LogP contribution in [0.3, 0.4) is 0 Å². The monoisotopic (exact) mass is 565 g/mol. The number of urea groups is 1. The highest BCUT2D eigenvalue weighted by molar-refractivity contribution is 8.00. The number of amides is 4. The number of hydrogen-bond donors (Lipinski definition) is 5. The molecule has 4 rings (SSSR count). The summed E-state index contributed by atoms with van der Waals surface area (Å²) in [7, 11) is 0. The Kier molecular flexibility index (Phi) is 7.79. The van der Waals surface area contributed by atoms with Gasteiger partial charge in [0.1, 0.15) is 23.3 Å². The fourth-order valence-corrected chi connectivity index (χ4v) is 6.78. The van der Waals surface area contributed by atoms with E-state index in [4.69, 9.17) is 21.0 Å². The molecule has 202 valence electrons. The van der Waals surface area contributed by atoms with Crippen LogP contribution in [0.4, 0.5) is 16.2 Å². The molecule has 38 heavy (non-hydrogen) atoms. The van der Waals surface area contributed by atoms with Crippen LogP contribution < -0.4 is 21.7 Å². The quantitative estimate of drug-likeness (QED) is 0.183. The summed E-state index contributed by atoms with van der Waals surface area (Å²) < 4.78 is 5.25. The van der Waals surface area contributed by atoms with E-state index in [1.165, 1.54) is 33.7 Å². The number of hydrogen-bond acceptors (Lipinski definition) is 11. The van der Waals surface area contributed by atoms with Crippen molar-refractivity contribution >= 4 is 64.7 Å². The molecule has 0 spiro atoms. The number of nitrogens with zero attached hydrogens (tertiary/aromatic N) is 4. The number of fused-ring (bicyclic) bond motifs is 1. The topological polar surface area (TPSA) is 235 Å². The molecule has 17 heteroatoms. The summed E-state index contributed by atoms with van der Waals surface area (Å²) in [6, 6.07) is 4.50. The zero-order valence-electron chi connectivity index (χ0n) is 19.6. The molecule has 1 aromatic carbocycles. The van der Waals surface area contributed by atoms with Gasteiger partial charge in [-0.1, -0.05) is 11.8 Å². The van der Waals surface area contributed by atoms with Gasteiger partial charge in [-0.15, -0.1) is 22.0 Å². The average Bonchev–Trinajstić information content (AvgIpc) is 3.32. The van der Waals surface area contributed by atoms with E-state index >= 15 is 0 Å². The number of nitrogens with two attached hydrogens (primary N) is 2. The molecule has 0 radical (unpaired) electrons. The van der Waals surface area contributed by atoms with Crippen molar-refractivity contribution in [1.82, 2.24) is 15.1 Å². The number of carboxylic acid groups (broad SMARTS) is 2. The minimum absolute atomic E-state index is 0.00895. The van der Waals surface area contributed by atoms with Gasteiger partial charge < -0.3 is 36.3 Å². The third kappa shape index (κ3) is 5.39. The highest BCUT2D eigenvalue weighted by Gasteiger charge is 2.59. The molecule has 1 aromatic heterocycles. The van der Waals surface area contributed by atoms with E-state index in [0.29, 0.717) is 11.4 Å². The zero-order chi connectivity index (χ0) is 27.6. The number of rotatable bonds is 10. The van der Waals surface area contributed by atoms with E-state index in [9.17, 15) is 29.1 Å². The van der Waals surface area contributed by atoms with Crippen LogP contribution in [0, 0.1) is 5.41 Å². The van der Waals surface area contributed by atoms with Crippen LogP contribution in [0.15, 0.2) is 33.9 Å². The molecule has 2 aliphatic rings. The first-order chi connectivity index (χ1) is 18.0. The Morgan fingerprint density at radius 3 is 2.55 bits per heavy atom. The van der Waals surface area contributed by atoms with E-state index in [1.54, 1.807) is 12.1 Å². The molecule has 0 aliphatic carbocycles. The lowest BCUT2D eigenvalue weighted by Gasteiger charge is -2.56. The molecule has 2 saturated heterocycles. The first-order valence-corrected chi connectivity index (χ1v) is 13.1. The number of thioether (sulfide) groups is 2. The highest BCUT2D eigenvalue weighted by Crippen LogP contribution is 2.46. The molecule has 2 aliphatic heterocycles. The van der Waals surface area contributed by atoms with Crippen LogP contribution >= 0.6 is 23.5 Å². The van der Waals surface area contributed by atoms with Crippen LogP contribution in [0.1, 0.15) is 5.89 Å². The van der Waals surface area contributed by atoms with Crippen LogP contribution in [0.2, 0.25) is 0 Å². The highest BCUT2D eigenvalue weighted by atomic mass is 32.2. The third-order valence-corrected chi connectivity index (χ3v) is 8.61. The number of nitrogens with one attached hydrogen (secondary N) is 1. The minimum atomic E-state index is -1.35. The zero-order valence-corrected chi connectivity index (χ0v) is 21.2. The number of benzene rings is 1. The fraction of sp³-hybridized carbons (Fsp3) is 0.381. The molecular formula is C21H23N7O8S2. The van der Waals surface area contributed by atoms with Gasteiger partial charge in [0.05, 0.1) is 6.54 Å². The van der Waals surface area contributed by atoms with Gasteiger partial charge in [0.25, 0.3) is 5.22 Å². The summed E-state index contributed by atoms with van der Waals surface area (Å²) in [4.78, 5) is 62.9. The van der Waals surface area contributed by atoms with Crippen LogP contribution in [0.5, 0.6) is 0 Å². The average molecular weight is 566 g/mol. The van der Waals surface area contributed by atoms with E-state index in [1.807, 2.05) is 0 Å². The van der Waals surface area contributed by atoms with Crippen molar-refractivity contribution in [3.63, 3.8) is 0 Å². The molecule has 0 bridgehead atoms. The molecule has 2 unspecified atom stereocenters. The van der Waals surface area contributed by atoms with Gasteiger partial charge in [0.15, 0.2) is 0 Å². The van der Waals surface area contributed by atoms with E-state index in [0.717, 1.165) is 11.8 Å². The number of aromatic nitrogens is 2. The van der Waals surface area contributed by atoms with Gasteiger partial charge in [-0.3, -0.25) is 24.1 Å². The van der Waals surface area contributed by atoms with Crippen molar-refractivity contribution < 1.29 is 38.6 Å². The molecule has 2 fully saturated rings. The van der Waals surface area contributed by atoms with Gasteiger partial charge in [0, 0.05) is 29.4 Å². The summed E-state index contributed by atoms with van der Waals surface area (Å²) in [5.74, 6) is -3.18. The molecule has 3 heterocycles. The molecule has 0 saturated carbocycles. The van der Waals surface area contributed by atoms with Gasteiger partial charge in [0.2, 0.25) is 17.7 Å². The Morgan fingerprint density at radius 1 is 1.24 bits per heavy atom. The standard InChI is InChI=1S/C21H23N7O8S2/c22-6-13(29)28(11-3-1-10(2-4-11)24-19(23)35)15-16(32)27-7-21(18(33)34,8-37-17(15)27)9-38-20-26-25-12(36-20)5-14(30)31/h1-4,15,17H,5-9,22H2,(H,30,31)(H,33,34)(H3,23,24,35)/t15?,17-,21?/m1/s1. The summed E-state index contributed by atoms with van der Waals surface area (Å²) >= 11 is 2.19. The lowest BCUT2D eigenvalue weighted by Crippen LogP contribution is -2.75. The summed E-state index contributed by atoms with van der Waals surface area (Å²) in [6.07, 6.45) is -0.457. The van der Waals surface area contributed by atoms with Crippen molar-refractivity contribution in [3.8, 4) is 0 Å². The van der Waals surface area contributed by atoms with Crippen molar-refractivity contribution in [3.05, 3.63) is 30.2 Å². The van der Waals surface area contributed by atoms with E-state index in [-0.39, 0.29) is 35.7 Å². The van der Waals surface area contributed by atoms with Crippen molar-refractivity contribution in [2.45, 2.75) is 23.1 Å². The smallest absolute Gasteiger partial charge is 0.316 e. The number of β-lactam (4-membered cyclic amide) rings is 1. The lowest BCUT2D eigenvalue weighted by molar-refractivity contribution is -0.156. The molecule has 7 N–H and O–H groups in total. The van der Waals surface area contributed by atoms with E-state index < -0.39 is 53.0 Å². The Bertz CT molecular complexity index is 1270. The van der Waals surface area contributed by atoms with Crippen molar-refractivity contribution in [2.75, 3.05) is 34.8 Å². The summed E-state index contributed by atoms with van der Waals surface area (Å²) in [5.41, 5.74) is 10.2. The molecule has 3 atom stereocenters. The molecule has 2 aromatic rings. The fourth-order valence-electron chi connectivity index (χ4n) is 4.09. The SMILES string of the molecule is NCC(=O)N(c1ccc(NC(N)=O)cc1)C1C(=O)N2CC(CSc3nnc(CC(=O)O)o3)(C(=O)O)CS[C@H]12. The van der Waals surface area contributed by atoms with Crippen LogP contribution in [0.25, 0.3) is 0 Å². The third-order valence-electron chi connectivity index (χ3n) is 5.93. The second-order valence-electron chi connectivity index (χ2n) is 8.52. The molecule has 4 amide bonds. The van der Waals surface area contributed by atoms with Crippen molar-refractivity contribution in [1.29, 1.82) is 0 Å². The Hall–Kier alpha value is -3.83. The Balaban J connectivity index is 1.48. The second kappa shape index (κ2) is 10.9. The largest absolute Gasteiger partial charge is 0.481 e. The normalized spacial score (nSPS) is 22.2. The van der Waals surface area contributed by atoms with Crippen molar-refractivity contribution in [2.24, 2.45) is 16.9 Å². The van der Waals surface area contributed by atoms with Gasteiger partial charge in [-0.05, 0) is 24.3 Å². The maximum absolute atomic E-state index is 13.2.